The van der Waals surface area contributed by atoms with Gasteiger partial charge in [-0.3, -0.25) is 0 Å². The summed E-state index contributed by atoms with van der Waals surface area (Å²) in [5, 5.41) is 13.9. The fourth-order valence-corrected chi connectivity index (χ4v) is 2.95. The smallest absolute Gasteiger partial charge is 0.205 e. The van der Waals surface area contributed by atoms with Crippen molar-refractivity contribution in [1.82, 2.24) is 10.2 Å². The fraction of sp³-hybridized carbons (Fsp3) is 0.818. The van der Waals surface area contributed by atoms with Gasteiger partial charge in [-0.1, -0.05) is 32.1 Å². The number of hydrogen-bond acceptors (Lipinski definition) is 5. The molecule has 1 aromatic rings. The average Bonchev–Trinajstić information content (AvgIpc) is 2.83. The SMILES string of the molecule is CSC1(CNc2nnc(C(C)(C)C)s2)CC1. The molecule has 0 aliphatic heterocycles. The summed E-state index contributed by atoms with van der Waals surface area (Å²) in [5.74, 6) is 0. The van der Waals surface area contributed by atoms with Crippen LogP contribution in [0.5, 0.6) is 0 Å². The van der Waals surface area contributed by atoms with E-state index in [9.17, 15) is 0 Å². The van der Waals surface area contributed by atoms with Crippen LogP contribution in [0.4, 0.5) is 5.13 Å². The first-order valence-electron chi connectivity index (χ1n) is 5.58. The van der Waals surface area contributed by atoms with E-state index in [4.69, 9.17) is 0 Å². The van der Waals surface area contributed by atoms with Crippen molar-refractivity contribution in [2.75, 3.05) is 18.1 Å². The Morgan fingerprint density at radius 2 is 2.06 bits per heavy atom. The first-order chi connectivity index (χ1) is 7.45. The second-order valence-electron chi connectivity index (χ2n) is 5.40. The summed E-state index contributed by atoms with van der Waals surface area (Å²) in [4.78, 5) is 0. The highest BCUT2D eigenvalue weighted by atomic mass is 32.2. The largest absolute Gasteiger partial charge is 0.359 e. The third-order valence-electron chi connectivity index (χ3n) is 2.87. The minimum atomic E-state index is 0.106. The van der Waals surface area contributed by atoms with Crippen LogP contribution in [0.15, 0.2) is 0 Å². The van der Waals surface area contributed by atoms with Crippen molar-refractivity contribution >= 4 is 28.2 Å². The van der Waals surface area contributed by atoms with Gasteiger partial charge >= 0.3 is 0 Å². The third-order valence-corrected chi connectivity index (χ3v) is 5.59. The molecule has 1 saturated carbocycles. The number of nitrogens with zero attached hydrogens (tertiary/aromatic N) is 2. The molecule has 16 heavy (non-hydrogen) atoms. The van der Waals surface area contributed by atoms with E-state index in [0.29, 0.717) is 4.75 Å². The van der Waals surface area contributed by atoms with E-state index in [1.165, 1.54) is 12.8 Å². The molecule has 1 aliphatic carbocycles. The third kappa shape index (κ3) is 2.69. The molecule has 5 heteroatoms. The minimum absolute atomic E-state index is 0.106. The topological polar surface area (TPSA) is 37.8 Å². The Morgan fingerprint density at radius 1 is 1.38 bits per heavy atom. The minimum Gasteiger partial charge on any atom is -0.359 e. The summed E-state index contributed by atoms with van der Waals surface area (Å²) >= 11 is 3.64. The molecule has 2 rings (SSSR count). The van der Waals surface area contributed by atoms with Crippen molar-refractivity contribution in [2.45, 2.75) is 43.8 Å². The van der Waals surface area contributed by atoms with Gasteiger partial charge in [0.15, 0.2) is 0 Å². The Morgan fingerprint density at radius 3 is 2.50 bits per heavy atom. The van der Waals surface area contributed by atoms with Crippen LogP contribution in [0.2, 0.25) is 0 Å². The summed E-state index contributed by atoms with van der Waals surface area (Å²) in [6, 6.07) is 0. The van der Waals surface area contributed by atoms with Crippen LogP contribution in [0.25, 0.3) is 0 Å². The molecule has 0 unspecified atom stereocenters. The molecule has 1 aromatic heterocycles. The summed E-state index contributed by atoms with van der Waals surface area (Å²) < 4.78 is 0.480. The molecule has 1 aliphatic rings. The Bertz CT molecular complexity index is 364. The van der Waals surface area contributed by atoms with Gasteiger partial charge in [0.2, 0.25) is 5.13 Å². The summed E-state index contributed by atoms with van der Waals surface area (Å²) in [5.41, 5.74) is 0.106. The Kier molecular flexibility index (Phi) is 3.18. The number of hydrogen-bond donors (Lipinski definition) is 1. The van der Waals surface area contributed by atoms with Crippen LogP contribution in [-0.2, 0) is 5.41 Å². The molecule has 90 valence electrons. The van der Waals surface area contributed by atoms with Crippen LogP contribution in [0, 0.1) is 0 Å². The number of anilines is 1. The van der Waals surface area contributed by atoms with E-state index in [-0.39, 0.29) is 5.41 Å². The van der Waals surface area contributed by atoms with Gasteiger partial charge < -0.3 is 5.32 Å². The zero-order chi connectivity index (χ0) is 11.8. The molecule has 0 atom stereocenters. The number of aromatic nitrogens is 2. The first-order valence-corrected chi connectivity index (χ1v) is 7.62. The maximum absolute atomic E-state index is 4.23. The summed E-state index contributed by atoms with van der Waals surface area (Å²) in [6.07, 6.45) is 4.84. The molecule has 0 saturated heterocycles. The molecule has 1 fully saturated rings. The van der Waals surface area contributed by atoms with Crippen LogP contribution in [0.1, 0.15) is 38.6 Å². The van der Waals surface area contributed by atoms with Gasteiger partial charge in [-0.15, -0.1) is 10.2 Å². The predicted molar refractivity (Wildman–Crippen MR) is 72.6 cm³/mol. The highest BCUT2D eigenvalue weighted by Crippen LogP contribution is 2.47. The van der Waals surface area contributed by atoms with E-state index in [1.807, 2.05) is 11.8 Å². The van der Waals surface area contributed by atoms with Crippen LogP contribution < -0.4 is 5.32 Å². The van der Waals surface area contributed by atoms with Gasteiger partial charge in [0.25, 0.3) is 0 Å². The van der Waals surface area contributed by atoms with Gasteiger partial charge in [-0.05, 0) is 19.1 Å². The van der Waals surface area contributed by atoms with Crippen molar-refractivity contribution in [3.63, 3.8) is 0 Å². The summed E-state index contributed by atoms with van der Waals surface area (Å²) in [7, 11) is 0. The van der Waals surface area contributed by atoms with Crippen molar-refractivity contribution in [2.24, 2.45) is 0 Å². The van der Waals surface area contributed by atoms with Crippen LogP contribution >= 0.6 is 23.1 Å². The van der Waals surface area contributed by atoms with E-state index >= 15 is 0 Å². The van der Waals surface area contributed by atoms with Gasteiger partial charge in [-0.2, -0.15) is 11.8 Å². The lowest BCUT2D eigenvalue weighted by Crippen LogP contribution is -2.17. The lowest BCUT2D eigenvalue weighted by molar-refractivity contribution is 0.578. The molecule has 1 N–H and O–H groups in total. The molecule has 0 spiro atoms. The van der Waals surface area contributed by atoms with Gasteiger partial charge in [-0.25, -0.2) is 0 Å². The van der Waals surface area contributed by atoms with Crippen molar-refractivity contribution in [1.29, 1.82) is 0 Å². The van der Waals surface area contributed by atoms with E-state index in [2.05, 4.69) is 42.5 Å². The van der Waals surface area contributed by atoms with Gasteiger partial charge in [0.1, 0.15) is 5.01 Å². The van der Waals surface area contributed by atoms with E-state index in [0.717, 1.165) is 16.7 Å². The zero-order valence-electron chi connectivity index (χ0n) is 10.3. The second-order valence-corrected chi connectivity index (χ2v) is 7.65. The monoisotopic (exact) mass is 257 g/mol. The molecule has 0 radical (unpaired) electrons. The van der Waals surface area contributed by atoms with Crippen molar-refractivity contribution < 1.29 is 0 Å². The standard InChI is InChI=1S/C11H19N3S2/c1-10(2,3)8-13-14-9(16-8)12-7-11(15-4)5-6-11/h5-7H2,1-4H3,(H,12,14). The normalized spacial score (nSPS) is 18.5. The van der Waals surface area contributed by atoms with Crippen LogP contribution in [0.3, 0.4) is 0 Å². The Hall–Kier alpha value is -0.290. The van der Waals surface area contributed by atoms with Gasteiger partial charge in [0.05, 0.1) is 0 Å². The Labute approximate surface area is 105 Å². The molecule has 0 aromatic carbocycles. The van der Waals surface area contributed by atoms with Gasteiger partial charge in [0, 0.05) is 16.7 Å². The molecule has 3 nitrogen and oxygen atoms in total. The van der Waals surface area contributed by atoms with Crippen LogP contribution in [-0.4, -0.2) is 27.7 Å². The highest BCUT2D eigenvalue weighted by Gasteiger charge is 2.41. The lowest BCUT2D eigenvalue weighted by atomic mass is 9.98. The molecular weight excluding hydrogens is 238 g/mol. The highest BCUT2D eigenvalue weighted by molar-refractivity contribution is 8.00. The second kappa shape index (κ2) is 4.18. The molecule has 1 heterocycles. The number of rotatable bonds is 4. The van der Waals surface area contributed by atoms with Crippen molar-refractivity contribution in [3.8, 4) is 0 Å². The first kappa shape index (κ1) is 12.2. The predicted octanol–water partition coefficient (Wildman–Crippen LogP) is 3.14. The van der Waals surface area contributed by atoms with E-state index in [1.54, 1.807) is 11.3 Å². The number of nitrogens with one attached hydrogen (secondary N) is 1. The lowest BCUT2D eigenvalue weighted by Gasteiger charge is -2.13. The molecule has 0 bridgehead atoms. The maximum Gasteiger partial charge on any atom is 0.205 e. The quantitative estimate of drug-likeness (QED) is 0.899. The maximum atomic E-state index is 4.23. The van der Waals surface area contributed by atoms with Crippen molar-refractivity contribution in [3.05, 3.63) is 5.01 Å². The average molecular weight is 257 g/mol. The molecular formula is C11H19N3S2. The van der Waals surface area contributed by atoms with E-state index < -0.39 is 0 Å². The Balaban J connectivity index is 1.93. The summed E-state index contributed by atoms with van der Waals surface area (Å²) in [6.45, 7) is 7.53. The molecule has 0 amide bonds. The zero-order valence-corrected chi connectivity index (χ0v) is 12.0. The fourth-order valence-electron chi connectivity index (χ4n) is 1.43. The number of thioether (sulfide) groups is 1.